The summed E-state index contributed by atoms with van der Waals surface area (Å²) in [6, 6.07) is 0. The molecule has 0 aliphatic heterocycles. The maximum Gasteiger partial charge on any atom is 0.469 e. The van der Waals surface area contributed by atoms with Gasteiger partial charge in [-0.1, -0.05) is 181 Å². The summed E-state index contributed by atoms with van der Waals surface area (Å²) in [6.45, 7) is 4.61. The van der Waals surface area contributed by atoms with Gasteiger partial charge in [0.1, 0.15) is 19.3 Å². The van der Waals surface area contributed by atoms with Crippen molar-refractivity contribution in [2.24, 2.45) is 0 Å². The minimum Gasteiger partial charge on any atom is -0.394 e. The van der Waals surface area contributed by atoms with E-state index in [1.54, 1.807) is 0 Å². The molecule has 302 valence electrons. The van der Waals surface area contributed by atoms with E-state index in [0.29, 0.717) is 17.4 Å². The second-order valence-corrected chi connectivity index (χ2v) is 17.0. The molecule has 0 amide bonds. The van der Waals surface area contributed by atoms with Gasteiger partial charge in [0.25, 0.3) is 0 Å². The second kappa shape index (κ2) is 34.4. The minimum absolute atomic E-state index is 0.0772. The van der Waals surface area contributed by atoms with E-state index < -0.39 is 26.1 Å². The van der Waals surface area contributed by atoms with Crippen molar-refractivity contribution in [1.29, 1.82) is 0 Å². The summed E-state index contributed by atoms with van der Waals surface area (Å²) in [6.07, 6.45) is 32.9. The van der Waals surface area contributed by atoms with Gasteiger partial charge in [0, 0.05) is 6.42 Å². The van der Waals surface area contributed by atoms with Gasteiger partial charge in [-0.05, 0) is 12.8 Å². The summed E-state index contributed by atoms with van der Waals surface area (Å²) in [5, 5.41) is 30.7. The Kier molecular flexibility index (Phi) is 35.6. The fourth-order valence-corrected chi connectivity index (χ4v) is 6.50. The summed E-state index contributed by atoms with van der Waals surface area (Å²) >= 11 is 0. The number of phosphoric ester groups is 1. The predicted molar refractivity (Wildman–Crippen MR) is 209 cm³/mol. The molecule has 0 heterocycles. The van der Waals surface area contributed by atoms with Crippen LogP contribution >= 0.6 is 7.82 Å². The number of aliphatic hydroxyl groups excluding tert-OH is 2. The molecule has 0 aliphatic rings. The van der Waals surface area contributed by atoms with E-state index in [1.807, 2.05) is 21.1 Å². The van der Waals surface area contributed by atoms with Gasteiger partial charge in [-0.3, -0.25) is 9.32 Å². The number of nitrogens with zero attached hydrogens (tertiary/aromatic N) is 1. The van der Waals surface area contributed by atoms with Crippen LogP contribution in [0.4, 0.5) is 0 Å². The van der Waals surface area contributed by atoms with Gasteiger partial charge in [0.2, 0.25) is 0 Å². The summed E-state index contributed by atoms with van der Waals surface area (Å²) < 4.78 is 15.1. The fourth-order valence-electron chi connectivity index (χ4n) is 6.19. The number of carbonyl (C=O) groups is 1. The van der Waals surface area contributed by atoms with Gasteiger partial charge in [0.05, 0.1) is 27.7 Å². The first-order valence-electron chi connectivity index (χ1n) is 20.8. The van der Waals surface area contributed by atoms with Crippen molar-refractivity contribution in [2.75, 3.05) is 40.9 Å². The van der Waals surface area contributed by atoms with Crippen LogP contribution in [0.2, 0.25) is 0 Å². The number of hydrogen-bond acceptors (Lipinski definition) is 6. The van der Waals surface area contributed by atoms with Crippen molar-refractivity contribution in [3.05, 3.63) is 0 Å². The summed E-state index contributed by atoms with van der Waals surface area (Å²) in [5.74, 6) is -0.290. The average molecular weight is 739 g/mol. The first-order valence-corrected chi connectivity index (χ1v) is 22.3. The van der Waals surface area contributed by atoms with Crippen LogP contribution in [0.25, 0.3) is 0 Å². The number of hydrogen-bond donors (Lipinski definition) is 5. The Morgan fingerprint density at radius 1 is 0.620 bits per heavy atom. The molecular formula is C40H85NO8P+. The maximum atomic E-state index is 12.8. The first kappa shape index (κ1) is 51.7. The molecule has 2 atom stereocenters. The Labute approximate surface area is 309 Å². The summed E-state index contributed by atoms with van der Waals surface area (Å²) in [7, 11) is 1.50. The second-order valence-electron chi connectivity index (χ2n) is 15.7. The van der Waals surface area contributed by atoms with E-state index >= 15 is 0 Å². The van der Waals surface area contributed by atoms with E-state index in [1.165, 1.54) is 135 Å². The normalized spacial score (nSPS) is 13.9. The minimum atomic E-state index is -4.26. The third-order valence-corrected chi connectivity index (χ3v) is 10.2. The number of ketones is 1. The molecule has 9 nitrogen and oxygen atoms in total. The molecule has 0 aliphatic carbocycles. The number of unbranched alkanes of at least 4 members (excludes halogenated alkanes) is 25. The molecule has 0 saturated heterocycles. The molecule has 0 aromatic rings. The Morgan fingerprint density at radius 2 is 0.940 bits per heavy atom. The highest BCUT2D eigenvalue weighted by Crippen LogP contribution is 2.35. The van der Waals surface area contributed by atoms with E-state index in [2.05, 4.69) is 18.4 Å². The summed E-state index contributed by atoms with van der Waals surface area (Å²) in [4.78, 5) is 29.4. The number of rotatable bonds is 36. The van der Waals surface area contributed by atoms with Gasteiger partial charge in [-0.25, -0.2) is 4.57 Å². The molecule has 0 radical (unpaired) electrons. The van der Waals surface area contributed by atoms with Crippen LogP contribution in [-0.4, -0.2) is 88.0 Å². The largest absolute Gasteiger partial charge is 0.469 e. The molecule has 2 unspecified atom stereocenters. The number of Topliss-reactive ketones (excluding diaryl/α,β-unsaturated/α-hetero) is 1. The van der Waals surface area contributed by atoms with E-state index in [9.17, 15) is 24.7 Å². The van der Waals surface area contributed by atoms with E-state index in [4.69, 9.17) is 9.79 Å². The Hall–Kier alpha value is -0.380. The Bertz CT molecular complexity index is 788. The van der Waals surface area contributed by atoms with Crippen LogP contribution in [0.1, 0.15) is 200 Å². The number of carbonyl (C=O) groups excluding carboxylic acids is 1. The molecular weight excluding hydrogens is 653 g/mol. The van der Waals surface area contributed by atoms with Gasteiger partial charge in [-0.15, -0.1) is 0 Å². The zero-order valence-electron chi connectivity index (χ0n) is 33.6. The Balaban J connectivity index is 0. The highest BCUT2D eigenvalue weighted by Gasteiger charge is 2.41. The SMILES string of the molecule is CCCCCCCCCCCCCCCCC(O)(C(=O)CCCCCCCCCCCCCCC)C(O)CO.C[N+](C)(C)CCOP(=O)(O)O. The van der Waals surface area contributed by atoms with Crippen molar-refractivity contribution in [3.8, 4) is 0 Å². The fraction of sp³-hybridized carbons (Fsp3) is 0.975. The van der Waals surface area contributed by atoms with Crippen molar-refractivity contribution in [2.45, 2.75) is 212 Å². The van der Waals surface area contributed by atoms with Crippen molar-refractivity contribution >= 4 is 13.6 Å². The van der Waals surface area contributed by atoms with Crippen molar-refractivity contribution < 1.29 is 43.5 Å². The standard InChI is InChI=1S/C35H70O4.C5H14NO4P/c1-3-5-7-9-11-13-15-17-19-21-23-25-27-29-31-35(39,34(38)32-36)33(37)30-28-26-24-22-20-18-16-14-12-10-8-6-4-2;1-6(2,3)4-5-10-11(7,8)9/h34,36,38-39H,3-32H2,1-2H3;4-5H2,1-3H3,(H-,7,8,9)/p+1. The van der Waals surface area contributed by atoms with Gasteiger partial charge in [0.15, 0.2) is 11.4 Å². The lowest BCUT2D eigenvalue weighted by atomic mass is 9.84. The van der Waals surface area contributed by atoms with Crippen LogP contribution in [0.5, 0.6) is 0 Å². The van der Waals surface area contributed by atoms with Crippen molar-refractivity contribution in [1.82, 2.24) is 0 Å². The van der Waals surface area contributed by atoms with Crippen LogP contribution in [0.3, 0.4) is 0 Å². The van der Waals surface area contributed by atoms with Gasteiger partial charge >= 0.3 is 7.82 Å². The summed E-state index contributed by atoms with van der Waals surface area (Å²) in [5.41, 5.74) is -1.79. The van der Waals surface area contributed by atoms with Crippen LogP contribution in [0, 0.1) is 0 Å². The van der Waals surface area contributed by atoms with Crippen molar-refractivity contribution in [3.63, 3.8) is 0 Å². The first-order chi connectivity index (χ1) is 23.7. The zero-order chi connectivity index (χ0) is 38.0. The molecule has 0 aromatic heterocycles. The molecule has 0 fully saturated rings. The number of phosphoric acid groups is 1. The van der Waals surface area contributed by atoms with Crippen LogP contribution < -0.4 is 0 Å². The number of quaternary nitrogens is 1. The average Bonchev–Trinajstić information content (AvgIpc) is 3.05. The topological polar surface area (TPSA) is 145 Å². The monoisotopic (exact) mass is 739 g/mol. The lowest BCUT2D eigenvalue weighted by Gasteiger charge is -2.31. The molecule has 0 bridgehead atoms. The van der Waals surface area contributed by atoms with Crippen LogP contribution in [-0.2, 0) is 13.9 Å². The van der Waals surface area contributed by atoms with E-state index in [0.717, 1.165) is 38.5 Å². The zero-order valence-corrected chi connectivity index (χ0v) is 34.5. The number of likely N-dealkylation sites (N-methyl/N-ethyl adjacent to an activating group) is 1. The highest BCUT2D eigenvalue weighted by molar-refractivity contribution is 7.46. The molecule has 0 saturated carbocycles. The van der Waals surface area contributed by atoms with E-state index in [-0.39, 0.29) is 18.8 Å². The molecule has 0 aromatic carbocycles. The molecule has 50 heavy (non-hydrogen) atoms. The predicted octanol–water partition coefficient (Wildman–Crippen LogP) is 9.79. The van der Waals surface area contributed by atoms with Gasteiger partial charge < -0.3 is 29.6 Å². The van der Waals surface area contributed by atoms with Gasteiger partial charge in [-0.2, -0.15) is 0 Å². The third kappa shape index (κ3) is 36.0. The highest BCUT2D eigenvalue weighted by atomic mass is 31.2. The smallest absolute Gasteiger partial charge is 0.394 e. The molecule has 5 N–H and O–H groups in total. The number of aliphatic hydroxyl groups is 3. The lowest BCUT2D eigenvalue weighted by molar-refractivity contribution is -0.870. The Morgan fingerprint density at radius 3 is 1.24 bits per heavy atom. The molecule has 10 heteroatoms. The molecule has 0 spiro atoms. The molecule has 0 rings (SSSR count). The lowest BCUT2D eigenvalue weighted by Crippen LogP contribution is -2.51. The maximum absolute atomic E-state index is 12.8. The quantitative estimate of drug-likeness (QED) is 0.0243. The third-order valence-electron chi connectivity index (χ3n) is 9.65. The van der Waals surface area contributed by atoms with Crippen LogP contribution in [0.15, 0.2) is 0 Å².